The van der Waals surface area contributed by atoms with Gasteiger partial charge in [-0.2, -0.15) is 0 Å². The summed E-state index contributed by atoms with van der Waals surface area (Å²) in [5, 5.41) is 6.20. The van der Waals surface area contributed by atoms with Gasteiger partial charge in [0.1, 0.15) is 6.01 Å². The third-order valence-electron chi connectivity index (χ3n) is 4.24. The van der Waals surface area contributed by atoms with Crippen LogP contribution < -0.4 is 0 Å². The minimum absolute atomic E-state index is 0.476. The number of morpholine rings is 1. The van der Waals surface area contributed by atoms with Gasteiger partial charge in [-0.25, -0.2) is 4.99 Å². The molecule has 1 aromatic rings. The summed E-state index contributed by atoms with van der Waals surface area (Å²) in [6.45, 7) is 5.44. The van der Waals surface area contributed by atoms with E-state index in [9.17, 15) is 0 Å². The topological polar surface area (TPSA) is 37.2 Å². The maximum Gasteiger partial charge on any atom is 0.115 e. The molecular weight excluding hydrogens is 286 g/mol. The smallest absolute Gasteiger partial charge is 0.115 e. The van der Waals surface area contributed by atoms with Crippen LogP contribution in [0.4, 0.5) is 0 Å². The van der Waals surface area contributed by atoms with Gasteiger partial charge < -0.3 is 4.74 Å². The molecule has 4 nitrogen and oxygen atoms in total. The van der Waals surface area contributed by atoms with Crippen molar-refractivity contribution in [3.05, 3.63) is 35.9 Å². The molecule has 2 fully saturated rings. The lowest BCUT2D eigenvalue weighted by Gasteiger charge is -2.22. The predicted molar refractivity (Wildman–Crippen MR) is 94.9 cm³/mol. The van der Waals surface area contributed by atoms with Gasteiger partial charge in [0.15, 0.2) is 0 Å². The number of hydrazone groups is 1. The van der Waals surface area contributed by atoms with Crippen LogP contribution in [-0.2, 0) is 11.2 Å². The van der Waals surface area contributed by atoms with Crippen molar-refractivity contribution < 1.29 is 4.74 Å². The van der Waals surface area contributed by atoms with Gasteiger partial charge in [-0.15, -0.1) is 5.10 Å². The first kappa shape index (κ1) is 17.7. The Kier molecular flexibility index (Phi) is 8.46. The minimum Gasteiger partial charge on any atom is -0.378 e. The van der Waals surface area contributed by atoms with Gasteiger partial charge in [0.25, 0.3) is 0 Å². The molecule has 126 valence electrons. The highest BCUT2D eigenvalue weighted by molar-refractivity contribution is 5.41. The first-order chi connectivity index (χ1) is 11.4. The van der Waals surface area contributed by atoms with Crippen molar-refractivity contribution in [1.82, 2.24) is 5.01 Å². The zero-order valence-electron chi connectivity index (χ0n) is 14.3. The fourth-order valence-corrected chi connectivity index (χ4v) is 2.75. The van der Waals surface area contributed by atoms with Crippen LogP contribution in [0.3, 0.4) is 0 Å². The Morgan fingerprint density at radius 1 is 1.09 bits per heavy atom. The summed E-state index contributed by atoms with van der Waals surface area (Å²) in [6, 6.07) is 13.8. The van der Waals surface area contributed by atoms with Crippen molar-refractivity contribution in [2.75, 3.05) is 26.3 Å². The molecule has 0 unspecified atom stereocenters. The number of aliphatic imine (C=N–C) groups is 1. The van der Waals surface area contributed by atoms with E-state index in [1.165, 1.54) is 37.7 Å². The zero-order valence-corrected chi connectivity index (χ0v) is 14.3. The molecule has 0 atom stereocenters. The zero-order chi connectivity index (χ0) is 16.2. The van der Waals surface area contributed by atoms with Crippen LogP contribution in [0.5, 0.6) is 0 Å². The molecule has 0 bridgehead atoms. The Balaban J connectivity index is 0.000000203. The molecule has 0 N–H and O–H groups in total. The molecule has 3 rings (SSSR count). The van der Waals surface area contributed by atoms with Crippen LogP contribution in [0.15, 0.2) is 40.4 Å². The average molecular weight is 315 g/mol. The van der Waals surface area contributed by atoms with Crippen molar-refractivity contribution >= 4 is 6.01 Å². The maximum absolute atomic E-state index is 5.24. The summed E-state index contributed by atoms with van der Waals surface area (Å²) in [5.74, 6) is 0. The summed E-state index contributed by atoms with van der Waals surface area (Å²) in [6.07, 6.45) is 7.56. The van der Waals surface area contributed by atoms with Crippen LogP contribution in [0, 0.1) is 0 Å². The Morgan fingerprint density at radius 3 is 2.39 bits per heavy atom. The molecule has 0 radical (unpaired) electrons. The van der Waals surface area contributed by atoms with E-state index in [0.717, 1.165) is 32.7 Å². The highest BCUT2D eigenvalue weighted by Gasteiger charge is 2.11. The molecular formula is C19H29N3O. The predicted octanol–water partition coefficient (Wildman–Crippen LogP) is 3.99. The lowest BCUT2D eigenvalue weighted by atomic mass is 9.96. The van der Waals surface area contributed by atoms with E-state index in [0.29, 0.717) is 6.04 Å². The summed E-state index contributed by atoms with van der Waals surface area (Å²) >= 11 is 0. The second-order valence-electron chi connectivity index (χ2n) is 6.03. The summed E-state index contributed by atoms with van der Waals surface area (Å²) < 4.78 is 5.24. The summed E-state index contributed by atoms with van der Waals surface area (Å²) in [5.41, 5.74) is 1.41. The van der Waals surface area contributed by atoms with Crippen molar-refractivity contribution in [3.63, 3.8) is 0 Å². The van der Waals surface area contributed by atoms with Crippen LogP contribution in [0.1, 0.15) is 44.6 Å². The summed E-state index contributed by atoms with van der Waals surface area (Å²) in [4.78, 5) is 4.38. The third kappa shape index (κ3) is 7.45. The SMILES string of the molecule is C(=NC1CCCCC1)=NN1CCOCC1.CCc1ccccc1. The van der Waals surface area contributed by atoms with E-state index in [1.807, 2.05) is 11.1 Å². The van der Waals surface area contributed by atoms with E-state index in [2.05, 4.69) is 47.3 Å². The highest BCUT2D eigenvalue weighted by atomic mass is 16.5. The number of nitrogens with zero attached hydrogens (tertiary/aromatic N) is 3. The molecule has 2 aliphatic rings. The van der Waals surface area contributed by atoms with Gasteiger partial charge in [-0.05, 0) is 24.8 Å². The molecule has 1 heterocycles. The maximum atomic E-state index is 5.24. The molecule has 0 spiro atoms. The molecule has 23 heavy (non-hydrogen) atoms. The molecule has 0 aromatic heterocycles. The van der Waals surface area contributed by atoms with E-state index >= 15 is 0 Å². The Morgan fingerprint density at radius 2 is 1.78 bits per heavy atom. The molecule has 1 saturated heterocycles. The number of rotatable bonds is 3. The quantitative estimate of drug-likeness (QED) is 0.791. The normalized spacial score (nSPS) is 18.4. The number of benzene rings is 1. The number of hydrogen-bond donors (Lipinski definition) is 0. The number of ether oxygens (including phenoxy) is 1. The highest BCUT2D eigenvalue weighted by Crippen LogP contribution is 2.19. The molecule has 4 heteroatoms. The van der Waals surface area contributed by atoms with Crippen LogP contribution in [-0.4, -0.2) is 43.4 Å². The lowest BCUT2D eigenvalue weighted by molar-refractivity contribution is 0.0397. The third-order valence-corrected chi connectivity index (χ3v) is 4.24. The molecule has 0 amide bonds. The minimum atomic E-state index is 0.476. The van der Waals surface area contributed by atoms with E-state index in [4.69, 9.17) is 4.74 Å². The number of hydrogen-bond acceptors (Lipinski definition) is 4. The van der Waals surface area contributed by atoms with Crippen LogP contribution >= 0.6 is 0 Å². The average Bonchev–Trinajstić information content (AvgIpc) is 2.65. The Hall–Kier alpha value is -1.64. The Labute approximate surface area is 140 Å². The lowest BCUT2D eigenvalue weighted by Crippen LogP contribution is -2.32. The fourth-order valence-electron chi connectivity index (χ4n) is 2.75. The van der Waals surface area contributed by atoms with Crippen molar-refractivity contribution in [1.29, 1.82) is 0 Å². The van der Waals surface area contributed by atoms with E-state index in [-0.39, 0.29) is 0 Å². The van der Waals surface area contributed by atoms with Crippen LogP contribution in [0.25, 0.3) is 0 Å². The fraction of sp³-hybridized carbons (Fsp3) is 0.632. The molecule has 1 aliphatic heterocycles. The molecule has 1 aliphatic carbocycles. The summed E-state index contributed by atoms with van der Waals surface area (Å²) in [7, 11) is 0. The largest absolute Gasteiger partial charge is 0.378 e. The second kappa shape index (κ2) is 11.0. The van der Waals surface area contributed by atoms with Gasteiger partial charge >= 0.3 is 0 Å². The standard InChI is InChI=1S/C11H19N3O.C8H10/c1-2-4-11(5-3-1)12-10-13-14-6-8-15-9-7-14;1-2-8-6-4-3-5-7-8/h11H,1-9H2;3-7H,2H2,1H3. The van der Waals surface area contributed by atoms with Crippen molar-refractivity contribution in [3.8, 4) is 0 Å². The van der Waals surface area contributed by atoms with Gasteiger partial charge in [0.2, 0.25) is 0 Å². The molecule has 1 saturated carbocycles. The number of aryl methyl sites for hydroxylation is 1. The second-order valence-corrected chi connectivity index (χ2v) is 6.03. The molecule has 1 aromatic carbocycles. The van der Waals surface area contributed by atoms with E-state index < -0.39 is 0 Å². The van der Waals surface area contributed by atoms with Crippen molar-refractivity contribution in [2.45, 2.75) is 51.5 Å². The van der Waals surface area contributed by atoms with Gasteiger partial charge in [-0.3, -0.25) is 5.01 Å². The van der Waals surface area contributed by atoms with Crippen molar-refractivity contribution in [2.24, 2.45) is 10.1 Å². The van der Waals surface area contributed by atoms with Crippen LogP contribution in [0.2, 0.25) is 0 Å². The van der Waals surface area contributed by atoms with Gasteiger partial charge in [0.05, 0.1) is 32.3 Å². The van der Waals surface area contributed by atoms with E-state index in [1.54, 1.807) is 0 Å². The monoisotopic (exact) mass is 315 g/mol. The Bertz CT molecular complexity index is 449. The first-order valence-electron chi connectivity index (χ1n) is 8.90. The first-order valence-corrected chi connectivity index (χ1v) is 8.90. The van der Waals surface area contributed by atoms with Gasteiger partial charge in [0, 0.05) is 0 Å². The van der Waals surface area contributed by atoms with Gasteiger partial charge in [-0.1, -0.05) is 56.5 Å².